The van der Waals surface area contributed by atoms with Gasteiger partial charge in [0.25, 0.3) is 5.75 Å². The fraction of sp³-hybridized carbons (Fsp3) is 0.333. The molecule has 1 N–H and O–H groups in total. The summed E-state index contributed by atoms with van der Waals surface area (Å²) in [6.07, 6.45) is 6.16. The molecule has 0 radical (unpaired) electrons. The van der Waals surface area contributed by atoms with E-state index >= 15 is 0 Å². The number of rotatable bonds is 7. The topological polar surface area (TPSA) is 86.0 Å². The van der Waals surface area contributed by atoms with E-state index in [0.717, 1.165) is 19.8 Å². The third-order valence-electron chi connectivity index (χ3n) is 3.83. The summed E-state index contributed by atoms with van der Waals surface area (Å²) in [6, 6.07) is 4.70. The third-order valence-corrected chi connectivity index (χ3v) is 3.83. The van der Waals surface area contributed by atoms with Crippen molar-refractivity contribution in [2.45, 2.75) is 40.5 Å². The van der Waals surface area contributed by atoms with E-state index in [1.807, 2.05) is 6.08 Å². The first-order chi connectivity index (χ1) is 12.8. The molecule has 0 atom stereocenters. The van der Waals surface area contributed by atoms with Gasteiger partial charge in [-0.1, -0.05) is 17.2 Å². The second kappa shape index (κ2) is 9.07. The summed E-state index contributed by atoms with van der Waals surface area (Å²) in [5.41, 5.74) is 1.75. The molecule has 0 fully saturated rings. The lowest BCUT2D eigenvalue weighted by atomic mass is 10.1. The van der Waals surface area contributed by atoms with Crippen LogP contribution in [0.15, 0.2) is 50.7 Å². The minimum Gasteiger partial charge on any atom is -0.504 e. The molecule has 0 amide bonds. The summed E-state index contributed by atoms with van der Waals surface area (Å²) in [7, 11) is 0. The zero-order chi connectivity index (χ0) is 20.0. The van der Waals surface area contributed by atoms with E-state index in [0.29, 0.717) is 12.4 Å². The van der Waals surface area contributed by atoms with Gasteiger partial charge < -0.3 is 19.0 Å². The van der Waals surface area contributed by atoms with E-state index in [9.17, 15) is 14.7 Å². The second-order valence-electron chi connectivity index (χ2n) is 6.50. The summed E-state index contributed by atoms with van der Waals surface area (Å²) in [6.45, 7) is 7.72. The zero-order valence-corrected chi connectivity index (χ0v) is 16.0. The Labute approximate surface area is 157 Å². The number of esters is 1. The number of benzene rings is 1. The van der Waals surface area contributed by atoms with Gasteiger partial charge in [0.1, 0.15) is 17.9 Å². The molecule has 0 saturated carbocycles. The molecule has 0 unspecified atom stereocenters. The van der Waals surface area contributed by atoms with E-state index in [1.54, 1.807) is 12.1 Å². The van der Waals surface area contributed by atoms with Crippen LogP contribution in [-0.2, 0) is 4.79 Å². The largest absolute Gasteiger partial charge is 0.504 e. The van der Waals surface area contributed by atoms with Crippen LogP contribution < -0.4 is 15.1 Å². The molecule has 1 aromatic heterocycles. The highest BCUT2D eigenvalue weighted by atomic mass is 16.6. The maximum atomic E-state index is 11.9. The van der Waals surface area contributed by atoms with Crippen LogP contribution in [0.5, 0.6) is 17.2 Å². The van der Waals surface area contributed by atoms with Crippen LogP contribution in [0.25, 0.3) is 11.0 Å². The predicted molar refractivity (Wildman–Crippen MR) is 103 cm³/mol. The Hall–Kier alpha value is -3.02. The van der Waals surface area contributed by atoms with Crippen molar-refractivity contribution < 1.29 is 23.8 Å². The maximum Gasteiger partial charge on any atom is 0.383 e. The van der Waals surface area contributed by atoms with E-state index in [2.05, 4.69) is 26.8 Å². The van der Waals surface area contributed by atoms with E-state index in [4.69, 9.17) is 13.9 Å². The van der Waals surface area contributed by atoms with Gasteiger partial charge in [0.2, 0.25) is 0 Å². The smallest absolute Gasteiger partial charge is 0.383 e. The standard InChI is InChI=1S/C21H24O6/c1-13(2)6-5-7-14(3)10-11-25-16-8-9-17-18(12-16)27-21(24)20(19(17)23)26-15(4)22/h6,8-10,12,23H,5,7,11H2,1-4H3. The monoisotopic (exact) mass is 372 g/mol. The van der Waals surface area contributed by atoms with Gasteiger partial charge in [0.15, 0.2) is 5.75 Å². The first-order valence-corrected chi connectivity index (χ1v) is 8.68. The maximum absolute atomic E-state index is 11.9. The molecule has 6 nitrogen and oxygen atoms in total. The Bertz CT molecular complexity index is 945. The molecule has 6 heteroatoms. The Morgan fingerprint density at radius 2 is 1.93 bits per heavy atom. The van der Waals surface area contributed by atoms with Gasteiger partial charge >= 0.3 is 11.6 Å². The molecule has 27 heavy (non-hydrogen) atoms. The van der Waals surface area contributed by atoms with Gasteiger partial charge in [-0.25, -0.2) is 4.79 Å². The molecule has 0 aliphatic heterocycles. The highest BCUT2D eigenvalue weighted by molar-refractivity contribution is 5.87. The molecule has 0 aliphatic carbocycles. The van der Waals surface area contributed by atoms with Crippen LogP contribution in [0, 0.1) is 0 Å². The van der Waals surface area contributed by atoms with Crippen molar-refractivity contribution in [1.29, 1.82) is 0 Å². The Morgan fingerprint density at radius 1 is 1.19 bits per heavy atom. The predicted octanol–water partition coefficient (Wildman–Crippen LogP) is 4.50. The van der Waals surface area contributed by atoms with Gasteiger partial charge in [0, 0.05) is 13.0 Å². The number of carbonyl (C=O) groups is 1. The van der Waals surface area contributed by atoms with Gasteiger partial charge in [-0.15, -0.1) is 0 Å². The lowest BCUT2D eigenvalue weighted by Crippen LogP contribution is -2.11. The average Bonchev–Trinajstić information content (AvgIpc) is 2.58. The lowest BCUT2D eigenvalue weighted by molar-refractivity contribution is -0.132. The molecule has 2 rings (SSSR count). The highest BCUT2D eigenvalue weighted by Crippen LogP contribution is 2.33. The summed E-state index contributed by atoms with van der Waals surface area (Å²) < 4.78 is 15.5. The molecule has 0 spiro atoms. The van der Waals surface area contributed by atoms with Crippen LogP contribution in [0.3, 0.4) is 0 Å². The van der Waals surface area contributed by atoms with Crippen molar-refractivity contribution in [3.8, 4) is 17.2 Å². The first kappa shape index (κ1) is 20.3. The van der Waals surface area contributed by atoms with Gasteiger partial charge in [-0.3, -0.25) is 4.79 Å². The van der Waals surface area contributed by atoms with Crippen molar-refractivity contribution in [1.82, 2.24) is 0 Å². The van der Waals surface area contributed by atoms with Crippen LogP contribution in [0.2, 0.25) is 0 Å². The lowest BCUT2D eigenvalue weighted by Gasteiger charge is -2.08. The van der Waals surface area contributed by atoms with Crippen molar-refractivity contribution in [2.75, 3.05) is 6.61 Å². The molecule has 0 saturated heterocycles. The molecule has 0 aliphatic rings. The van der Waals surface area contributed by atoms with Crippen molar-refractivity contribution in [3.63, 3.8) is 0 Å². The Morgan fingerprint density at radius 3 is 2.59 bits per heavy atom. The number of fused-ring (bicyclic) bond motifs is 1. The molecule has 0 bridgehead atoms. The Balaban J connectivity index is 2.11. The first-order valence-electron chi connectivity index (χ1n) is 8.68. The van der Waals surface area contributed by atoms with Gasteiger partial charge in [-0.05, 0) is 51.8 Å². The minimum absolute atomic E-state index is 0.148. The summed E-state index contributed by atoms with van der Waals surface area (Å²) in [5.74, 6) is -1.17. The van der Waals surface area contributed by atoms with Crippen LogP contribution >= 0.6 is 0 Å². The normalized spacial score (nSPS) is 11.3. The summed E-state index contributed by atoms with van der Waals surface area (Å²) in [4.78, 5) is 22.9. The van der Waals surface area contributed by atoms with Gasteiger partial charge in [0.05, 0.1) is 5.39 Å². The number of aromatic hydroxyl groups is 1. The van der Waals surface area contributed by atoms with Gasteiger partial charge in [-0.2, -0.15) is 0 Å². The van der Waals surface area contributed by atoms with Crippen LogP contribution in [-0.4, -0.2) is 17.7 Å². The fourth-order valence-corrected chi connectivity index (χ4v) is 2.44. The Kier molecular flexibility index (Phi) is 6.82. The van der Waals surface area contributed by atoms with Crippen molar-refractivity contribution in [2.24, 2.45) is 0 Å². The molecule has 1 aromatic carbocycles. The number of allylic oxidation sites excluding steroid dienone is 3. The molecule has 144 valence electrons. The van der Waals surface area contributed by atoms with Crippen molar-refractivity contribution in [3.05, 3.63) is 51.9 Å². The fourth-order valence-electron chi connectivity index (χ4n) is 2.44. The zero-order valence-electron chi connectivity index (χ0n) is 16.0. The molecular formula is C21H24O6. The van der Waals surface area contributed by atoms with E-state index in [-0.39, 0.29) is 11.0 Å². The number of ether oxygens (including phenoxy) is 2. The molecule has 1 heterocycles. The number of hydrogen-bond acceptors (Lipinski definition) is 6. The van der Waals surface area contributed by atoms with Crippen LogP contribution in [0.1, 0.15) is 40.5 Å². The summed E-state index contributed by atoms with van der Waals surface area (Å²) >= 11 is 0. The average molecular weight is 372 g/mol. The number of carbonyl (C=O) groups excluding carboxylic acids is 1. The quantitative estimate of drug-likeness (QED) is 0.438. The summed E-state index contributed by atoms with van der Waals surface area (Å²) in [5, 5.41) is 10.4. The van der Waals surface area contributed by atoms with Crippen LogP contribution in [0.4, 0.5) is 0 Å². The molecular weight excluding hydrogens is 348 g/mol. The SMILES string of the molecule is CC(=O)Oc1c(O)c2ccc(OCC=C(C)CCC=C(C)C)cc2oc1=O. The third kappa shape index (κ3) is 5.74. The molecule has 2 aromatic rings. The minimum atomic E-state index is -0.928. The second-order valence-corrected chi connectivity index (χ2v) is 6.50. The van der Waals surface area contributed by atoms with E-state index in [1.165, 1.54) is 17.2 Å². The number of hydrogen-bond donors (Lipinski definition) is 1. The highest BCUT2D eigenvalue weighted by Gasteiger charge is 2.17. The van der Waals surface area contributed by atoms with Crippen molar-refractivity contribution >= 4 is 16.9 Å². The van der Waals surface area contributed by atoms with E-state index < -0.39 is 23.1 Å².